The van der Waals surface area contributed by atoms with Crippen LogP contribution in [0.4, 0.5) is 8.78 Å². The van der Waals surface area contributed by atoms with Crippen molar-refractivity contribution in [3.8, 4) is 0 Å². The number of halogens is 4. The molecule has 1 unspecified atom stereocenters. The van der Waals surface area contributed by atoms with Crippen LogP contribution in [0.3, 0.4) is 0 Å². The number of benzene rings is 1. The number of hydrazine groups is 1. The molecule has 0 radical (unpaired) electrons. The molecule has 1 atom stereocenters. The SMILES string of the molecule is NNC(c1sccc1Br)c1c(F)cc(Br)cc1F. The van der Waals surface area contributed by atoms with Crippen LogP contribution in [0.15, 0.2) is 32.5 Å². The van der Waals surface area contributed by atoms with Crippen molar-refractivity contribution in [2.45, 2.75) is 6.04 Å². The zero-order valence-electron chi connectivity index (χ0n) is 8.88. The Morgan fingerprint density at radius 3 is 2.28 bits per heavy atom. The maximum Gasteiger partial charge on any atom is 0.132 e. The second kappa shape index (κ2) is 5.75. The number of thiophene rings is 1. The lowest BCUT2D eigenvalue weighted by Gasteiger charge is -2.17. The summed E-state index contributed by atoms with van der Waals surface area (Å²) >= 11 is 7.74. The molecular formula is C11H8Br2F2N2S. The highest BCUT2D eigenvalue weighted by Gasteiger charge is 2.24. The van der Waals surface area contributed by atoms with Crippen molar-refractivity contribution >= 4 is 43.2 Å². The van der Waals surface area contributed by atoms with Gasteiger partial charge in [0.15, 0.2) is 0 Å². The molecule has 1 heterocycles. The van der Waals surface area contributed by atoms with E-state index in [1.165, 1.54) is 23.5 Å². The average Bonchev–Trinajstić information content (AvgIpc) is 2.69. The van der Waals surface area contributed by atoms with Gasteiger partial charge in [-0.15, -0.1) is 11.3 Å². The topological polar surface area (TPSA) is 38.0 Å². The normalized spacial score (nSPS) is 12.7. The van der Waals surface area contributed by atoms with Gasteiger partial charge in [-0.1, -0.05) is 15.9 Å². The molecule has 2 nitrogen and oxygen atoms in total. The average molecular weight is 398 g/mol. The van der Waals surface area contributed by atoms with E-state index in [1.807, 2.05) is 5.38 Å². The fourth-order valence-electron chi connectivity index (χ4n) is 1.63. The van der Waals surface area contributed by atoms with Gasteiger partial charge in [0.1, 0.15) is 11.6 Å². The van der Waals surface area contributed by atoms with Crippen LogP contribution in [0.1, 0.15) is 16.5 Å². The van der Waals surface area contributed by atoms with Gasteiger partial charge < -0.3 is 0 Å². The predicted octanol–water partition coefficient (Wildman–Crippen LogP) is 4.10. The third kappa shape index (κ3) is 2.65. The standard InChI is InChI=1S/C11H8Br2F2N2S/c12-5-3-7(14)9(8(15)4-5)10(17-16)11-6(13)1-2-18-11/h1-4,10,17H,16H2. The maximum atomic E-state index is 13.9. The predicted molar refractivity (Wildman–Crippen MR) is 75.2 cm³/mol. The fourth-order valence-corrected chi connectivity index (χ4v) is 3.70. The molecule has 0 amide bonds. The van der Waals surface area contributed by atoms with Gasteiger partial charge in [0.25, 0.3) is 0 Å². The van der Waals surface area contributed by atoms with E-state index in [1.54, 1.807) is 6.07 Å². The van der Waals surface area contributed by atoms with Crippen molar-refractivity contribution in [2.24, 2.45) is 5.84 Å². The molecule has 0 aliphatic rings. The van der Waals surface area contributed by atoms with Crippen molar-refractivity contribution in [2.75, 3.05) is 0 Å². The van der Waals surface area contributed by atoms with Crippen molar-refractivity contribution in [3.05, 3.63) is 54.6 Å². The molecule has 7 heteroatoms. The Hall–Kier alpha value is -0.340. The first-order valence-corrected chi connectivity index (χ1v) is 7.34. The summed E-state index contributed by atoms with van der Waals surface area (Å²) < 4.78 is 28.9. The lowest BCUT2D eigenvalue weighted by atomic mass is 10.0. The van der Waals surface area contributed by atoms with Gasteiger partial charge in [-0.2, -0.15) is 0 Å². The highest BCUT2D eigenvalue weighted by atomic mass is 79.9. The first-order chi connectivity index (χ1) is 8.54. The number of hydrogen-bond acceptors (Lipinski definition) is 3. The van der Waals surface area contributed by atoms with Crippen LogP contribution in [0.2, 0.25) is 0 Å². The molecule has 2 aromatic rings. The van der Waals surface area contributed by atoms with Gasteiger partial charge in [0.2, 0.25) is 0 Å². The Morgan fingerprint density at radius 2 is 1.83 bits per heavy atom. The minimum absolute atomic E-state index is 0.0937. The molecule has 0 spiro atoms. The van der Waals surface area contributed by atoms with Gasteiger partial charge >= 0.3 is 0 Å². The van der Waals surface area contributed by atoms with Crippen molar-refractivity contribution in [3.63, 3.8) is 0 Å². The van der Waals surface area contributed by atoms with Gasteiger partial charge in [-0.3, -0.25) is 5.84 Å². The van der Waals surface area contributed by atoms with E-state index in [2.05, 4.69) is 37.3 Å². The highest BCUT2D eigenvalue weighted by molar-refractivity contribution is 9.10. The Bertz CT molecular complexity index is 551. The maximum absolute atomic E-state index is 13.9. The molecule has 2 rings (SSSR count). The summed E-state index contributed by atoms with van der Waals surface area (Å²) in [6, 6.07) is 3.50. The summed E-state index contributed by atoms with van der Waals surface area (Å²) in [5.41, 5.74) is 2.35. The van der Waals surface area contributed by atoms with Crippen molar-refractivity contribution in [1.29, 1.82) is 0 Å². The van der Waals surface area contributed by atoms with Gasteiger partial charge in [-0.25, -0.2) is 14.2 Å². The summed E-state index contributed by atoms with van der Waals surface area (Å²) in [5, 5.41) is 1.82. The summed E-state index contributed by atoms with van der Waals surface area (Å²) in [7, 11) is 0. The van der Waals surface area contributed by atoms with E-state index in [-0.39, 0.29) is 5.56 Å². The zero-order valence-corrected chi connectivity index (χ0v) is 12.9. The lowest BCUT2D eigenvalue weighted by Crippen LogP contribution is -2.30. The highest BCUT2D eigenvalue weighted by Crippen LogP contribution is 2.35. The third-order valence-corrected chi connectivity index (χ3v) is 4.80. The molecule has 96 valence electrons. The third-order valence-electron chi connectivity index (χ3n) is 2.41. The second-order valence-electron chi connectivity index (χ2n) is 3.52. The quantitative estimate of drug-likeness (QED) is 0.604. The molecule has 0 saturated heterocycles. The van der Waals surface area contributed by atoms with Crippen LogP contribution < -0.4 is 11.3 Å². The van der Waals surface area contributed by atoms with Crippen LogP contribution >= 0.6 is 43.2 Å². The van der Waals surface area contributed by atoms with Gasteiger partial charge in [-0.05, 0) is 39.5 Å². The van der Waals surface area contributed by atoms with Crippen molar-refractivity contribution < 1.29 is 8.78 Å². The van der Waals surface area contributed by atoms with Gasteiger partial charge in [0.05, 0.1) is 6.04 Å². The molecule has 0 saturated carbocycles. The number of hydrogen-bond donors (Lipinski definition) is 2. The Labute approximate surface area is 123 Å². The van der Waals surface area contributed by atoms with Crippen LogP contribution in [-0.4, -0.2) is 0 Å². The number of rotatable bonds is 3. The Kier molecular flexibility index (Phi) is 4.50. The molecule has 0 fully saturated rings. The minimum atomic E-state index is -0.729. The summed E-state index contributed by atoms with van der Waals surface area (Å²) in [6.45, 7) is 0. The summed E-state index contributed by atoms with van der Waals surface area (Å²) in [4.78, 5) is 0.720. The molecule has 0 aliphatic heterocycles. The van der Waals surface area contributed by atoms with E-state index in [0.29, 0.717) is 4.47 Å². The Morgan fingerprint density at radius 1 is 1.22 bits per heavy atom. The van der Waals surface area contributed by atoms with E-state index >= 15 is 0 Å². The molecular weight excluding hydrogens is 390 g/mol. The van der Waals surface area contributed by atoms with Gasteiger partial charge in [0, 0.05) is 19.4 Å². The molecule has 1 aromatic carbocycles. The molecule has 0 bridgehead atoms. The lowest BCUT2D eigenvalue weighted by molar-refractivity contribution is 0.512. The van der Waals surface area contributed by atoms with E-state index in [9.17, 15) is 8.78 Å². The smallest absolute Gasteiger partial charge is 0.132 e. The number of nitrogens with two attached hydrogens (primary N) is 1. The molecule has 1 aromatic heterocycles. The zero-order chi connectivity index (χ0) is 13.3. The van der Waals surface area contributed by atoms with Crippen molar-refractivity contribution in [1.82, 2.24) is 5.43 Å². The van der Waals surface area contributed by atoms with E-state index in [0.717, 1.165) is 9.35 Å². The molecule has 0 aliphatic carbocycles. The monoisotopic (exact) mass is 396 g/mol. The minimum Gasteiger partial charge on any atom is -0.271 e. The van der Waals surface area contributed by atoms with E-state index < -0.39 is 17.7 Å². The van der Waals surface area contributed by atoms with Crippen LogP contribution in [0.5, 0.6) is 0 Å². The van der Waals surface area contributed by atoms with Crippen LogP contribution in [0, 0.1) is 11.6 Å². The first-order valence-electron chi connectivity index (χ1n) is 4.88. The van der Waals surface area contributed by atoms with Crippen LogP contribution in [-0.2, 0) is 0 Å². The number of nitrogens with one attached hydrogen (secondary N) is 1. The first kappa shape index (κ1) is 14.1. The second-order valence-corrected chi connectivity index (χ2v) is 6.23. The Balaban J connectivity index is 2.56. The fraction of sp³-hybridized carbons (Fsp3) is 0.0909. The largest absolute Gasteiger partial charge is 0.271 e. The summed E-state index contributed by atoms with van der Waals surface area (Å²) in [6.07, 6.45) is 0. The summed E-state index contributed by atoms with van der Waals surface area (Å²) in [5.74, 6) is 4.14. The van der Waals surface area contributed by atoms with Crippen LogP contribution in [0.25, 0.3) is 0 Å². The molecule has 18 heavy (non-hydrogen) atoms. The van der Waals surface area contributed by atoms with E-state index in [4.69, 9.17) is 5.84 Å². The molecule has 3 N–H and O–H groups in total.